The molecule has 0 aliphatic heterocycles. The topological polar surface area (TPSA) is 87.3 Å². The minimum Gasteiger partial charge on any atom is -0.484 e. The van der Waals surface area contributed by atoms with Crippen molar-refractivity contribution in [3.8, 4) is 17.2 Å². The Hall–Kier alpha value is -2.76. The van der Waals surface area contributed by atoms with Crippen LogP contribution >= 0.6 is 0 Å². The third kappa shape index (κ3) is 2.89. The Labute approximate surface area is 121 Å². The number of furan rings is 1. The number of aromatic nitrogens is 2. The van der Waals surface area contributed by atoms with Gasteiger partial charge in [0, 0.05) is 5.69 Å². The summed E-state index contributed by atoms with van der Waals surface area (Å²) in [5, 5.41) is 7.98. The van der Waals surface area contributed by atoms with Crippen molar-refractivity contribution in [3.05, 3.63) is 47.7 Å². The lowest BCUT2D eigenvalue weighted by molar-refractivity contribution is 0.264. The van der Waals surface area contributed by atoms with Gasteiger partial charge in [-0.1, -0.05) is 0 Å². The zero-order valence-electron chi connectivity index (χ0n) is 11.8. The number of nitrogens with two attached hydrogens (primary N) is 1. The third-order valence-electron chi connectivity index (χ3n) is 2.98. The van der Waals surface area contributed by atoms with Gasteiger partial charge in [0.15, 0.2) is 6.61 Å². The van der Waals surface area contributed by atoms with E-state index in [0.717, 1.165) is 17.1 Å². The minimum absolute atomic E-state index is 0.201. The van der Waals surface area contributed by atoms with Crippen LogP contribution in [-0.4, -0.2) is 10.2 Å². The summed E-state index contributed by atoms with van der Waals surface area (Å²) in [5.41, 5.74) is 7.11. The summed E-state index contributed by atoms with van der Waals surface area (Å²) < 4.78 is 16.6. The maximum atomic E-state index is 5.61. The van der Waals surface area contributed by atoms with Crippen molar-refractivity contribution in [1.82, 2.24) is 10.2 Å². The molecule has 0 saturated heterocycles. The number of rotatable bonds is 4. The van der Waals surface area contributed by atoms with E-state index in [9.17, 15) is 0 Å². The average Bonchev–Trinajstić information content (AvgIpc) is 3.04. The lowest BCUT2D eigenvalue weighted by Crippen LogP contribution is -1.95. The van der Waals surface area contributed by atoms with Gasteiger partial charge in [-0.15, -0.1) is 10.2 Å². The van der Waals surface area contributed by atoms with Crippen molar-refractivity contribution in [3.63, 3.8) is 0 Å². The first kappa shape index (κ1) is 13.2. The summed E-state index contributed by atoms with van der Waals surface area (Å²) in [7, 11) is 0. The fourth-order valence-corrected chi connectivity index (χ4v) is 1.97. The Kier molecular flexibility index (Phi) is 3.35. The second-order valence-electron chi connectivity index (χ2n) is 4.69. The van der Waals surface area contributed by atoms with Gasteiger partial charge in [-0.2, -0.15) is 0 Å². The molecule has 2 N–H and O–H groups in total. The highest BCUT2D eigenvalue weighted by Gasteiger charge is 2.14. The van der Waals surface area contributed by atoms with Crippen LogP contribution in [0.25, 0.3) is 11.5 Å². The van der Waals surface area contributed by atoms with E-state index in [1.54, 1.807) is 24.3 Å². The van der Waals surface area contributed by atoms with Gasteiger partial charge in [-0.25, -0.2) is 0 Å². The number of aryl methyl sites for hydroxylation is 2. The minimum atomic E-state index is 0.201. The molecule has 0 amide bonds. The lowest BCUT2D eigenvalue weighted by atomic mass is 10.2. The van der Waals surface area contributed by atoms with Crippen LogP contribution in [0.5, 0.6) is 5.75 Å². The van der Waals surface area contributed by atoms with Crippen molar-refractivity contribution >= 4 is 5.69 Å². The van der Waals surface area contributed by atoms with Crippen LogP contribution in [0, 0.1) is 13.8 Å². The van der Waals surface area contributed by atoms with Crippen LogP contribution in [0.4, 0.5) is 5.69 Å². The first-order valence-electron chi connectivity index (χ1n) is 6.50. The number of benzene rings is 1. The molecule has 0 fully saturated rings. The molecule has 1 aromatic carbocycles. The Bertz CT molecular complexity index is 744. The van der Waals surface area contributed by atoms with Gasteiger partial charge in [0.1, 0.15) is 17.3 Å². The van der Waals surface area contributed by atoms with Gasteiger partial charge in [-0.3, -0.25) is 0 Å². The zero-order valence-corrected chi connectivity index (χ0v) is 11.8. The van der Waals surface area contributed by atoms with E-state index in [-0.39, 0.29) is 6.61 Å². The predicted octanol–water partition coefficient (Wildman–Crippen LogP) is 3.11. The normalized spacial score (nSPS) is 10.8. The maximum absolute atomic E-state index is 5.61. The highest BCUT2D eigenvalue weighted by Crippen LogP contribution is 2.25. The van der Waals surface area contributed by atoms with Gasteiger partial charge < -0.3 is 19.3 Å². The molecule has 3 aromatic rings. The van der Waals surface area contributed by atoms with Gasteiger partial charge in [0.25, 0.3) is 11.8 Å². The molecule has 0 atom stereocenters. The van der Waals surface area contributed by atoms with E-state index in [1.165, 1.54) is 0 Å². The number of nitrogen functional groups attached to an aromatic ring is 1. The summed E-state index contributed by atoms with van der Waals surface area (Å²) in [4.78, 5) is 0. The number of anilines is 1. The lowest BCUT2D eigenvalue weighted by Gasteiger charge is -2.02. The Morgan fingerprint density at radius 1 is 1.10 bits per heavy atom. The highest BCUT2D eigenvalue weighted by molar-refractivity contribution is 5.55. The molecule has 0 unspecified atom stereocenters. The SMILES string of the molecule is Cc1cc(-c2nnc(COc3ccc(N)cc3)o2)c(C)o1. The summed E-state index contributed by atoms with van der Waals surface area (Å²) in [6.07, 6.45) is 0. The smallest absolute Gasteiger partial charge is 0.254 e. The molecule has 0 aliphatic carbocycles. The fourth-order valence-electron chi connectivity index (χ4n) is 1.97. The second-order valence-corrected chi connectivity index (χ2v) is 4.69. The quantitative estimate of drug-likeness (QED) is 0.741. The summed E-state index contributed by atoms with van der Waals surface area (Å²) in [6, 6.07) is 8.98. The van der Waals surface area contributed by atoms with Crippen molar-refractivity contribution in [2.24, 2.45) is 0 Å². The molecule has 6 nitrogen and oxygen atoms in total. The predicted molar refractivity (Wildman–Crippen MR) is 76.7 cm³/mol. The molecular formula is C15H15N3O3. The summed E-state index contributed by atoms with van der Waals surface area (Å²) >= 11 is 0. The zero-order chi connectivity index (χ0) is 14.8. The highest BCUT2D eigenvalue weighted by atomic mass is 16.5. The first-order chi connectivity index (χ1) is 10.1. The van der Waals surface area contributed by atoms with Crippen LogP contribution in [0.15, 0.2) is 39.2 Å². The first-order valence-corrected chi connectivity index (χ1v) is 6.50. The second kappa shape index (κ2) is 5.32. The largest absolute Gasteiger partial charge is 0.484 e. The molecule has 2 aromatic heterocycles. The molecule has 0 spiro atoms. The molecule has 0 radical (unpaired) electrons. The summed E-state index contributed by atoms with van der Waals surface area (Å²) in [5.74, 6) is 3.09. The molecule has 2 heterocycles. The van der Waals surface area contributed by atoms with E-state index in [4.69, 9.17) is 19.3 Å². The molecule has 0 saturated carbocycles. The fraction of sp³-hybridized carbons (Fsp3) is 0.200. The van der Waals surface area contributed by atoms with Gasteiger partial charge >= 0.3 is 0 Å². The molecule has 6 heteroatoms. The number of hydrogen-bond donors (Lipinski definition) is 1. The molecule has 3 rings (SSSR count). The van der Waals surface area contributed by atoms with Crippen molar-refractivity contribution in [2.75, 3.05) is 5.73 Å². The van der Waals surface area contributed by atoms with Crippen molar-refractivity contribution in [1.29, 1.82) is 0 Å². The van der Waals surface area contributed by atoms with Crippen LogP contribution in [0.2, 0.25) is 0 Å². The Morgan fingerprint density at radius 2 is 1.86 bits per heavy atom. The van der Waals surface area contributed by atoms with Gasteiger partial charge in [-0.05, 0) is 44.2 Å². The maximum Gasteiger partial charge on any atom is 0.254 e. The molecule has 0 aliphatic rings. The van der Waals surface area contributed by atoms with E-state index < -0.39 is 0 Å². The van der Waals surface area contributed by atoms with Crippen LogP contribution in [0.3, 0.4) is 0 Å². The van der Waals surface area contributed by atoms with E-state index in [1.807, 2.05) is 19.9 Å². The van der Waals surface area contributed by atoms with Crippen LogP contribution < -0.4 is 10.5 Å². The van der Waals surface area contributed by atoms with Crippen molar-refractivity contribution < 1.29 is 13.6 Å². The monoisotopic (exact) mass is 285 g/mol. The van der Waals surface area contributed by atoms with E-state index >= 15 is 0 Å². The van der Waals surface area contributed by atoms with Crippen LogP contribution in [0.1, 0.15) is 17.4 Å². The third-order valence-corrected chi connectivity index (χ3v) is 2.98. The van der Waals surface area contributed by atoms with Gasteiger partial charge in [0.2, 0.25) is 0 Å². The van der Waals surface area contributed by atoms with Gasteiger partial charge in [0.05, 0.1) is 5.56 Å². The number of nitrogens with zero attached hydrogens (tertiary/aromatic N) is 2. The van der Waals surface area contributed by atoms with Crippen molar-refractivity contribution in [2.45, 2.75) is 20.5 Å². The summed E-state index contributed by atoms with van der Waals surface area (Å²) in [6.45, 7) is 3.93. The Morgan fingerprint density at radius 3 is 2.52 bits per heavy atom. The molecule has 108 valence electrons. The Balaban J connectivity index is 1.70. The van der Waals surface area contributed by atoms with E-state index in [2.05, 4.69) is 10.2 Å². The van der Waals surface area contributed by atoms with E-state index in [0.29, 0.717) is 23.2 Å². The average molecular weight is 285 g/mol. The van der Waals surface area contributed by atoms with Crippen LogP contribution in [-0.2, 0) is 6.61 Å². The number of ether oxygens (including phenoxy) is 1. The standard InChI is InChI=1S/C15H15N3O3/c1-9-7-13(10(2)20-9)15-18-17-14(21-15)8-19-12-5-3-11(16)4-6-12/h3-7H,8,16H2,1-2H3. The molecule has 0 bridgehead atoms. The molecule has 21 heavy (non-hydrogen) atoms. The number of hydrogen-bond acceptors (Lipinski definition) is 6. The molecular weight excluding hydrogens is 270 g/mol.